The molecule has 0 fully saturated rings. The number of hydrogen-bond acceptors (Lipinski definition) is 4. The summed E-state index contributed by atoms with van der Waals surface area (Å²) in [6.07, 6.45) is 0.832. The van der Waals surface area contributed by atoms with Gasteiger partial charge in [0.2, 0.25) is 5.88 Å². The van der Waals surface area contributed by atoms with Crippen LogP contribution in [-0.2, 0) is 0 Å². The van der Waals surface area contributed by atoms with Gasteiger partial charge in [-0.05, 0) is 31.2 Å². The van der Waals surface area contributed by atoms with Crippen molar-refractivity contribution in [2.45, 2.75) is 13.0 Å². The van der Waals surface area contributed by atoms with Gasteiger partial charge >= 0.3 is 0 Å². The number of carbonyl (C=O) groups is 1. The predicted molar refractivity (Wildman–Crippen MR) is 69.9 cm³/mol. The fourth-order valence-corrected chi connectivity index (χ4v) is 1.67. The minimum Gasteiger partial charge on any atom is -0.438 e. The number of aliphatic hydroxyl groups is 1. The van der Waals surface area contributed by atoms with Gasteiger partial charge in [0.05, 0.1) is 11.7 Å². The molecule has 0 radical (unpaired) electrons. The number of pyridine rings is 1. The van der Waals surface area contributed by atoms with Crippen molar-refractivity contribution in [3.8, 4) is 11.6 Å². The van der Waals surface area contributed by atoms with E-state index in [4.69, 9.17) is 10.5 Å². The number of para-hydroxylation sites is 1. The summed E-state index contributed by atoms with van der Waals surface area (Å²) < 4.78 is 5.59. The summed E-state index contributed by atoms with van der Waals surface area (Å²) in [6, 6.07) is 10.0. The molecule has 0 bridgehead atoms. The van der Waals surface area contributed by atoms with Crippen LogP contribution in [0.1, 0.15) is 28.9 Å². The Bertz CT molecular complexity index is 597. The average Bonchev–Trinajstić information content (AvgIpc) is 2.39. The summed E-state index contributed by atoms with van der Waals surface area (Å²) in [5.41, 5.74) is 6.09. The van der Waals surface area contributed by atoms with E-state index >= 15 is 0 Å². The normalized spacial score (nSPS) is 11.9. The first-order valence-corrected chi connectivity index (χ1v) is 5.79. The number of rotatable bonds is 4. The Morgan fingerprint density at radius 1 is 1.32 bits per heavy atom. The number of ether oxygens (including phenoxy) is 1. The summed E-state index contributed by atoms with van der Waals surface area (Å²) in [4.78, 5) is 15.4. The minimum absolute atomic E-state index is 0.256. The third kappa shape index (κ3) is 2.89. The molecule has 2 rings (SSSR count). The highest BCUT2D eigenvalue weighted by molar-refractivity contribution is 5.95. The maximum absolute atomic E-state index is 11.3. The molecule has 98 valence electrons. The summed E-state index contributed by atoms with van der Waals surface area (Å²) >= 11 is 0. The third-order valence-electron chi connectivity index (χ3n) is 2.61. The molecule has 0 aliphatic rings. The molecule has 1 heterocycles. The zero-order chi connectivity index (χ0) is 13.8. The van der Waals surface area contributed by atoms with E-state index in [1.807, 2.05) is 0 Å². The van der Waals surface area contributed by atoms with Gasteiger partial charge in [0.25, 0.3) is 5.91 Å². The first-order valence-electron chi connectivity index (χ1n) is 5.79. The van der Waals surface area contributed by atoms with Crippen molar-refractivity contribution in [3.05, 3.63) is 53.7 Å². The van der Waals surface area contributed by atoms with E-state index in [0.717, 1.165) is 0 Å². The quantitative estimate of drug-likeness (QED) is 0.878. The van der Waals surface area contributed by atoms with E-state index in [-0.39, 0.29) is 11.4 Å². The molecular formula is C14H14N2O3. The molecule has 2 aromatic rings. The van der Waals surface area contributed by atoms with E-state index in [9.17, 15) is 9.90 Å². The number of aromatic nitrogens is 1. The van der Waals surface area contributed by atoms with Crippen LogP contribution < -0.4 is 10.5 Å². The van der Waals surface area contributed by atoms with Crippen molar-refractivity contribution in [2.75, 3.05) is 0 Å². The molecule has 0 saturated heterocycles. The minimum atomic E-state index is -0.718. The zero-order valence-corrected chi connectivity index (χ0v) is 10.4. The average molecular weight is 258 g/mol. The van der Waals surface area contributed by atoms with Crippen molar-refractivity contribution in [3.63, 3.8) is 0 Å². The van der Waals surface area contributed by atoms with Crippen molar-refractivity contribution in [1.29, 1.82) is 0 Å². The zero-order valence-electron chi connectivity index (χ0n) is 10.4. The number of nitrogens with two attached hydrogens (primary N) is 1. The van der Waals surface area contributed by atoms with Crippen LogP contribution in [0.25, 0.3) is 0 Å². The Morgan fingerprint density at radius 3 is 2.74 bits per heavy atom. The monoisotopic (exact) mass is 258 g/mol. The molecule has 3 N–H and O–H groups in total. The van der Waals surface area contributed by atoms with Crippen molar-refractivity contribution in [2.24, 2.45) is 5.73 Å². The van der Waals surface area contributed by atoms with E-state index in [0.29, 0.717) is 11.3 Å². The highest BCUT2D eigenvalue weighted by Crippen LogP contribution is 2.29. The van der Waals surface area contributed by atoms with Crippen LogP contribution >= 0.6 is 0 Å². The predicted octanol–water partition coefficient (Wildman–Crippen LogP) is 2.03. The van der Waals surface area contributed by atoms with Gasteiger partial charge in [-0.1, -0.05) is 12.1 Å². The topological polar surface area (TPSA) is 85.4 Å². The highest BCUT2D eigenvalue weighted by Gasteiger charge is 2.14. The van der Waals surface area contributed by atoms with Crippen LogP contribution in [-0.4, -0.2) is 16.0 Å². The Labute approximate surface area is 110 Å². The van der Waals surface area contributed by atoms with E-state index in [1.165, 1.54) is 0 Å². The van der Waals surface area contributed by atoms with E-state index < -0.39 is 12.0 Å². The highest BCUT2D eigenvalue weighted by atomic mass is 16.5. The van der Waals surface area contributed by atoms with Gasteiger partial charge in [0.1, 0.15) is 5.75 Å². The molecule has 5 heteroatoms. The fraction of sp³-hybridized carbons (Fsp3) is 0.143. The Kier molecular flexibility index (Phi) is 3.77. The van der Waals surface area contributed by atoms with Crippen molar-refractivity contribution >= 4 is 5.91 Å². The van der Waals surface area contributed by atoms with Crippen LogP contribution in [0.2, 0.25) is 0 Å². The molecule has 0 unspecified atom stereocenters. The molecule has 0 spiro atoms. The largest absolute Gasteiger partial charge is 0.438 e. The summed E-state index contributed by atoms with van der Waals surface area (Å²) in [5, 5.41) is 9.65. The molecule has 1 atom stereocenters. The maximum atomic E-state index is 11.3. The smallest absolute Gasteiger partial charge is 0.252 e. The lowest BCUT2D eigenvalue weighted by atomic mass is 10.1. The van der Waals surface area contributed by atoms with Crippen LogP contribution in [0.3, 0.4) is 0 Å². The van der Waals surface area contributed by atoms with Gasteiger partial charge in [0.15, 0.2) is 0 Å². The Morgan fingerprint density at radius 2 is 2.05 bits per heavy atom. The van der Waals surface area contributed by atoms with Gasteiger partial charge in [0, 0.05) is 11.8 Å². The standard InChI is InChI=1S/C14H14N2O3/c1-9(17)10-6-4-8-16-14(10)19-12-7-3-2-5-11(12)13(15)18/h2-9,17H,1H3,(H2,15,18)/t9-/m0/s1. The van der Waals surface area contributed by atoms with E-state index in [2.05, 4.69) is 4.98 Å². The number of nitrogens with zero attached hydrogens (tertiary/aromatic N) is 1. The number of amides is 1. The molecule has 5 nitrogen and oxygen atoms in total. The molecule has 1 aromatic carbocycles. The second kappa shape index (κ2) is 5.49. The molecule has 0 aliphatic carbocycles. The molecule has 0 saturated carbocycles. The van der Waals surface area contributed by atoms with Gasteiger partial charge < -0.3 is 15.6 Å². The van der Waals surface area contributed by atoms with Gasteiger partial charge in [-0.2, -0.15) is 0 Å². The SMILES string of the molecule is C[C@H](O)c1cccnc1Oc1ccccc1C(N)=O. The van der Waals surface area contributed by atoms with Crippen LogP contribution in [0.15, 0.2) is 42.6 Å². The first-order chi connectivity index (χ1) is 9.09. The van der Waals surface area contributed by atoms with Gasteiger partial charge in [-0.15, -0.1) is 0 Å². The number of primary amides is 1. The van der Waals surface area contributed by atoms with Crippen molar-refractivity contribution in [1.82, 2.24) is 4.98 Å². The third-order valence-corrected chi connectivity index (χ3v) is 2.61. The first kappa shape index (κ1) is 13.0. The lowest BCUT2D eigenvalue weighted by Crippen LogP contribution is -2.12. The summed E-state index contributed by atoms with van der Waals surface area (Å²) in [6.45, 7) is 1.61. The molecule has 1 aromatic heterocycles. The molecule has 0 aliphatic heterocycles. The van der Waals surface area contributed by atoms with Gasteiger partial charge in [-0.3, -0.25) is 4.79 Å². The van der Waals surface area contributed by atoms with Crippen molar-refractivity contribution < 1.29 is 14.6 Å². The van der Waals surface area contributed by atoms with Crippen LogP contribution in [0, 0.1) is 0 Å². The van der Waals surface area contributed by atoms with Crippen LogP contribution in [0.4, 0.5) is 0 Å². The summed E-state index contributed by atoms with van der Waals surface area (Å²) in [5.74, 6) is -0.00747. The lowest BCUT2D eigenvalue weighted by Gasteiger charge is -2.13. The maximum Gasteiger partial charge on any atom is 0.252 e. The molecule has 1 amide bonds. The number of hydrogen-bond donors (Lipinski definition) is 2. The number of aliphatic hydroxyl groups excluding tert-OH is 1. The fourth-order valence-electron chi connectivity index (χ4n) is 1.67. The lowest BCUT2D eigenvalue weighted by molar-refractivity contribution is 0.0998. The second-order valence-electron chi connectivity index (χ2n) is 4.04. The second-order valence-corrected chi connectivity index (χ2v) is 4.04. The molecular weight excluding hydrogens is 244 g/mol. The number of carbonyl (C=O) groups excluding carboxylic acids is 1. The summed E-state index contributed by atoms with van der Waals surface area (Å²) in [7, 11) is 0. The molecule has 19 heavy (non-hydrogen) atoms. The number of benzene rings is 1. The Balaban J connectivity index is 2.39. The Hall–Kier alpha value is -2.40. The van der Waals surface area contributed by atoms with Crippen LogP contribution in [0.5, 0.6) is 11.6 Å². The van der Waals surface area contributed by atoms with E-state index in [1.54, 1.807) is 49.5 Å². The van der Waals surface area contributed by atoms with Gasteiger partial charge in [-0.25, -0.2) is 4.98 Å².